The van der Waals surface area contributed by atoms with Crippen LogP contribution in [0.1, 0.15) is 54.3 Å². The molecule has 3 N–H and O–H groups in total. The van der Waals surface area contributed by atoms with Crippen molar-refractivity contribution in [2.45, 2.75) is 46.0 Å². The summed E-state index contributed by atoms with van der Waals surface area (Å²) in [4.78, 5) is 36.7. The van der Waals surface area contributed by atoms with Gasteiger partial charge in [0.2, 0.25) is 0 Å². The zero-order valence-electron chi connectivity index (χ0n) is 20.7. The number of aliphatic hydroxyl groups is 1. The number of aromatic amines is 1. The Kier molecular flexibility index (Phi) is 6.97. The highest BCUT2D eigenvalue weighted by Gasteiger charge is 2.38. The Hall–Kier alpha value is -3.54. The van der Waals surface area contributed by atoms with E-state index in [0.29, 0.717) is 13.1 Å². The van der Waals surface area contributed by atoms with E-state index in [1.165, 1.54) is 26.0 Å². The number of hydrogen-bond donors (Lipinski definition) is 3. The molecule has 2 aromatic heterocycles. The summed E-state index contributed by atoms with van der Waals surface area (Å²) in [5.41, 5.74) is -2.61. The van der Waals surface area contributed by atoms with Crippen molar-refractivity contribution in [1.29, 1.82) is 0 Å². The van der Waals surface area contributed by atoms with Crippen molar-refractivity contribution in [3.8, 4) is 0 Å². The molecule has 0 aliphatic carbocycles. The second-order valence-electron chi connectivity index (χ2n) is 9.66. The van der Waals surface area contributed by atoms with E-state index < -0.39 is 41.3 Å². The Balaban J connectivity index is 1.62. The first-order chi connectivity index (χ1) is 17.3. The number of fused-ring (bicyclic) bond motifs is 1. The Morgan fingerprint density at radius 3 is 2.43 bits per heavy atom. The lowest BCUT2D eigenvalue weighted by Gasteiger charge is -2.38. The number of amides is 1. The predicted octanol–water partition coefficient (Wildman–Crippen LogP) is 4.05. The predicted molar refractivity (Wildman–Crippen MR) is 129 cm³/mol. The highest BCUT2D eigenvalue weighted by molar-refractivity contribution is 5.94. The minimum absolute atomic E-state index is 0.0859. The summed E-state index contributed by atoms with van der Waals surface area (Å²) in [5, 5.41) is 12.7. The van der Waals surface area contributed by atoms with Crippen LogP contribution in [0.25, 0.3) is 11.0 Å². The first kappa shape index (κ1) is 26.5. The molecule has 0 radical (unpaired) electrons. The number of likely N-dealkylation sites (tertiary alicyclic amines) is 1. The zero-order valence-corrected chi connectivity index (χ0v) is 20.7. The molecule has 0 saturated carbocycles. The number of alkyl halides is 3. The third-order valence-corrected chi connectivity index (χ3v) is 6.64. The number of hydrogen-bond acceptors (Lipinski definition) is 6. The third-order valence-electron chi connectivity index (χ3n) is 6.64. The number of halogens is 4. The van der Waals surface area contributed by atoms with E-state index in [2.05, 4.69) is 20.3 Å². The molecule has 3 heterocycles. The molecule has 1 fully saturated rings. The van der Waals surface area contributed by atoms with Crippen LogP contribution in [0.3, 0.4) is 0 Å². The van der Waals surface area contributed by atoms with Gasteiger partial charge in [-0.05, 0) is 49.9 Å². The van der Waals surface area contributed by atoms with Crippen LogP contribution in [0.2, 0.25) is 0 Å². The molecule has 4 atom stereocenters. The summed E-state index contributed by atoms with van der Waals surface area (Å²) in [5.74, 6) is -1.37. The number of rotatable bonds is 4. The van der Waals surface area contributed by atoms with Crippen molar-refractivity contribution in [2.24, 2.45) is 11.8 Å². The van der Waals surface area contributed by atoms with E-state index >= 15 is 0 Å². The Labute approximate surface area is 209 Å². The second-order valence-corrected chi connectivity index (χ2v) is 9.66. The molecule has 1 unspecified atom stereocenters. The molecule has 0 spiro atoms. The molecule has 8 nitrogen and oxygen atoms in total. The van der Waals surface area contributed by atoms with Crippen LogP contribution >= 0.6 is 0 Å². The number of piperidine rings is 1. The largest absolute Gasteiger partial charge is 0.433 e. The van der Waals surface area contributed by atoms with Gasteiger partial charge >= 0.3 is 6.18 Å². The van der Waals surface area contributed by atoms with Gasteiger partial charge in [0, 0.05) is 24.2 Å². The molecule has 1 aliphatic heterocycles. The van der Waals surface area contributed by atoms with E-state index in [4.69, 9.17) is 0 Å². The highest BCUT2D eigenvalue weighted by atomic mass is 19.4. The number of nitrogens with zero attached hydrogens (tertiary/aromatic N) is 3. The Morgan fingerprint density at radius 1 is 1.19 bits per heavy atom. The smallest absolute Gasteiger partial charge is 0.392 e. The SMILES string of the molecule is Cc1nc2nc(C(F)(F)F)c([C@H](C)Nc3ccc(C(=O)N4C[C@@H](C)C(O)[C@@H](C)C4)cc3F)cc2c(=O)[nH]1. The summed E-state index contributed by atoms with van der Waals surface area (Å²) in [6, 6.07) is 3.65. The summed E-state index contributed by atoms with van der Waals surface area (Å²) in [6.45, 7) is 7.13. The summed E-state index contributed by atoms with van der Waals surface area (Å²) < 4.78 is 56.4. The van der Waals surface area contributed by atoms with E-state index in [-0.39, 0.29) is 45.5 Å². The van der Waals surface area contributed by atoms with Crippen molar-refractivity contribution in [3.63, 3.8) is 0 Å². The van der Waals surface area contributed by atoms with E-state index in [1.807, 2.05) is 13.8 Å². The van der Waals surface area contributed by atoms with E-state index in [9.17, 15) is 32.3 Å². The monoisotopic (exact) mass is 521 g/mol. The van der Waals surface area contributed by atoms with Gasteiger partial charge in [0.15, 0.2) is 11.3 Å². The van der Waals surface area contributed by atoms with Crippen molar-refractivity contribution in [2.75, 3.05) is 18.4 Å². The molecule has 1 aliphatic rings. The molecular weight excluding hydrogens is 494 g/mol. The molecule has 1 saturated heterocycles. The van der Waals surface area contributed by atoms with Crippen LogP contribution in [0.4, 0.5) is 23.2 Å². The van der Waals surface area contributed by atoms with Gasteiger partial charge in [0.25, 0.3) is 11.5 Å². The zero-order chi connectivity index (χ0) is 27.2. The lowest BCUT2D eigenvalue weighted by atomic mass is 9.88. The quantitative estimate of drug-likeness (QED) is 0.447. The number of carbonyl (C=O) groups excluding carboxylic acids is 1. The fourth-order valence-corrected chi connectivity index (χ4v) is 4.72. The molecule has 1 aromatic carbocycles. The maximum Gasteiger partial charge on any atom is 0.433 e. The molecule has 1 amide bonds. The van der Waals surface area contributed by atoms with Gasteiger partial charge in [-0.1, -0.05) is 13.8 Å². The molecule has 198 valence electrons. The minimum atomic E-state index is -4.84. The molecule has 4 rings (SSSR count). The number of aromatic nitrogens is 3. The van der Waals surface area contributed by atoms with Crippen molar-refractivity contribution >= 4 is 22.6 Å². The third kappa shape index (κ3) is 5.29. The van der Waals surface area contributed by atoms with Gasteiger partial charge in [0.1, 0.15) is 11.6 Å². The maximum absolute atomic E-state index is 15.0. The van der Waals surface area contributed by atoms with Crippen LogP contribution in [-0.4, -0.2) is 50.1 Å². The number of H-pyrrole nitrogens is 1. The topological polar surface area (TPSA) is 111 Å². The first-order valence-electron chi connectivity index (χ1n) is 11.8. The van der Waals surface area contributed by atoms with Gasteiger partial charge in [0.05, 0.1) is 23.2 Å². The van der Waals surface area contributed by atoms with Crippen LogP contribution in [0.15, 0.2) is 29.1 Å². The normalized spacial score (nSPS) is 21.2. The molecule has 3 aromatic rings. The van der Waals surface area contributed by atoms with Gasteiger partial charge in [-0.25, -0.2) is 14.4 Å². The average Bonchev–Trinajstić information content (AvgIpc) is 2.81. The molecule has 12 heteroatoms. The first-order valence-corrected chi connectivity index (χ1v) is 11.8. The number of carbonyl (C=O) groups is 1. The lowest BCUT2D eigenvalue weighted by Crippen LogP contribution is -2.49. The van der Waals surface area contributed by atoms with Crippen LogP contribution in [0, 0.1) is 24.6 Å². The molecular formula is C25H27F4N5O3. The van der Waals surface area contributed by atoms with Gasteiger partial charge in [-0.3, -0.25) is 9.59 Å². The second kappa shape index (κ2) is 9.73. The van der Waals surface area contributed by atoms with Crippen molar-refractivity contribution < 1.29 is 27.5 Å². The number of aliphatic hydroxyl groups excluding tert-OH is 1. The maximum atomic E-state index is 15.0. The summed E-state index contributed by atoms with van der Waals surface area (Å²) >= 11 is 0. The fraction of sp³-hybridized carbons (Fsp3) is 0.440. The number of nitrogens with one attached hydrogen (secondary N) is 2. The van der Waals surface area contributed by atoms with Gasteiger partial charge < -0.3 is 20.3 Å². The van der Waals surface area contributed by atoms with Crippen LogP contribution in [0.5, 0.6) is 0 Å². The Bertz CT molecular complexity index is 1400. The number of pyridine rings is 1. The summed E-state index contributed by atoms with van der Waals surface area (Å²) in [7, 11) is 0. The minimum Gasteiger partial charge on any atom is -0.392 e. The average molecular weight is 522 g/mol. The molecule has 37 heavy (non-hydrogen) atoms. The van der Waals surface area contributed by atoms with E-state index in [0.717, 1.165) is 12.1 Å². The van der Waals surface area contributed by atoms with Gasteiger partial charge in [-0.15, -0.1) is 0 Å². The molecule has 0 bridgehead atoms. The number of anilines is 1. The fourth-order valence-electron chi connectivity index (χ4n) is 4.72. The van der Waals surface area contributed by atoms with Crippen LogP contribution in [-0.2, 0) is 6.18 Å². The Morgan fingerprint density at radius 2 is 1.84 bits per heavy atom. The summed E-state index contributed by atoms with van der Waals surface area (Å²) in [6.07, 6.45) is -5.38. The number of aryl methyl sites for hydroxylation is 1. The van der Waals surface area contributed by atoms with Crippen molar-refractivity contribution in [1.82, 2.24) is 19.9 Å². The van der Waals surface area contributed by atoms with Crippen molar-refractivity contribution in [3.05, 3.63) is 63.1 Å². The highest BCUT2D eigenvalue weighted by Crippen LogP contribution is 2.36. The van der Waals surface area contributed by atoms with Gasteiger partial charge in [-0.2, -0.15) is 13.2 Å². The van der Waals surface area contributed by atoms with Crippen LogP contribution < -0.4 is 10.9 Å². The van der Waals surface area contributed by atoms with E-state index in [1.54, 1.807) is 4.90 Å². The standard InChI is InChI=1S/C25H27F4N5O3/c1-11-9-34(10-12(2)20(11)35)24(37)15-5-6-19(18(26)7-15)30-13(3)16-8-17-22(31-14(4)32-23(17)36)33-21(16)25(27,28)29/h5-8,11-13,20,30,35H,9-10H2,1-4H3,(H,31,32,33,36)/t11-,12+,13-,20?/m0/s1. The number of benzene rings is 1. The lowest BCUT2D eigenvalue weighted by molar-refractivity contribution is -0.141.